The van der Waals surface area contributed by atoms with Gasteiger partial charge in [-0.2, -0.15) is 4.98 Å². The number of hydrogen-bond donors (Lipinski definition) is 3. The molecule has 1 aromatic heterocycles. The van der Waals surface area contributed by atoms with E-state index in [0.29, 0.717) is 17.5 Å². The topological polar surface area (TPSA) is 105 Å². The second kappa shape index (κ2) is 8.79. The minimum absolute atomic E-state index is 0.398. The van der Waals surface area contributed by atoms with E-state index in [1.54, 1.807) is 13.3 Å². The molecule has 0 aliphatic carbocycles. The molecule has 2 aromatic rings. The molecule has 1 aromatic carbocycles. The molecule has 2 rings (SSSR count). The number of anilines is 4. The minimum atomic E-state index is 0.398. The average molecular weight is 339 g/mol. The molecular weight excluding hydrogens is 314 g/mol. The summed E-state index contributed by atoms with van der Waals surface area (Å²) in [7, 11) is 1.70. The van der Waals surface area contributed by atoms with Gasteiger partial charge in [-0.1, -0.05) is 31.6 Å². The molecule has 0 aliphatic heterocycles. The molecule has 5 N–H and O–H groups in total. The lowest BCUT2D eigenvalue weighted by atomic mass is 10.1. The standard InChI is InChI=1S/C18H25N7/c1-4-6-13-7-9-15(10-8-13)25(20)17-16(19)12-22-18(24-17)23-14(5-2)11-21-3/h5,7-12H,4,6,19-20H2,1-3H3,(H,22,23,24)/b14-5+,21-11?. The first-order chi connectivity index (χ1) is 12.1. The number of benzene rings is 1. The summed E-state index contributed by atoms with van der Waals surface area (Å²) in [6, 6.07) is 8.04. The zero-order valence-corrected chi connectivity index (χ0v) is 14.9. The van der Waals surface area contributed by atoms with Crippen LogP contribution in [0.3, 0.4) is 0 Å². The van der Waals surface area contributed by atoms with Gasteiger partial charge in [0.05, 0.1) is 23.3 Å². The minimum Gasteiger partial charge on any atom is -0.394 e. The Morgan fingerprint density at radius 2 is 2.04 bits per heavy atom. The highest BCUT2D eigenvalue weighted by Gasteiger charge is 2.12. The van der Waals surface area contributed by atoms with E-state index in [4.69, 9.17) is 11.6 Å². The van der Waals surface area contributed by atoms with Gasteiger partial charge in [0.15, 0.2) is 5.82 Å². The van der Waals surface area contributed by atoms with Crippen molar-refractivity contribution in [2.24, 2.45) is 10.8 Å². The van der Waals surface area contributed by atoms with Crippen LogP contribution in [0.4, 0.5) is 23.1 Å². The summed E-state index contributed by atoms with van der Waals surface area (Å²) in [5.41, 5.74) is 9.27. The Hall–Kier alpha value is -2.93. The van der Waals surface area contributed by atoms with Crippen LogP contribution in [0, 0.1) is 0 Å². The van der Waals surface area contributed by atoms with Crippen LogP contribution in [-0.2, 0) is 6.42 Å². The Morgan fingerprint density at radius 1 is 1.32 bits per heavy atom. The molecule has 0 unspecified atom stereocenters. The maximum atomic E-state index is 6.23. The molecule has 25 heavy (non-hydrogen) atoms. The fraction of sp³-hybridized carbons (Fsp3) is 0.278. The van der Waals surface area contributed by atoms with Crippen molar-refractivity contribution in [3.8, 4) is 0 Å². The first kappa shape index (κ1) is 18.4. The summed E-state index contributed by atoms with van der Waals surface area (Å²) < 4.78 is 0. The fourth-order valence-electron chi connectivity index (χ4n) is 2.32. The number of nitrogens with zero attached hydrogens (tertiary/aromatic N) is 4. The number of nitrogens with two attached hydrogens (primary N) is 2. The summed E-state index contributed by atoms with van der Waals surface area (Å²) in [6.45, 7) is 4.05. The molecule has 132 valence electrons. The zero-order valence-electron chi connectivity index (χ0n) is 14.9. The highest BCUT2D eigenvalue weighted by atomic mass is 15.4. The largest absolute Gasteiger partial charge is 0.394 e. The number of aliphatic imine (C=N–C) groups is 1. The number of hydrogen-bond acceptors (Lipinski definition) is 7. The van der Waals surface area contributed by atoms with E-state index in [0.717, 1.165) is 24.2 Å². The molecule has 0 fully saturated rings. The van der Waals surface area contributed by atoms with Crippen molar-refractivity contribution in [2.45, 2.75) is 26.7 Å². The molecule has 1 heterocycles. The molecule has 0 aliphatic rings. The average Bonchev–Trinajstić information content (AvgIpc) is 2.63. The van der Waals surface area contributed by atoms with Gasteiger partial charge in [-0.05, 0) is 31.0 Å². The number of allylic oxidation sites excluding steroid dienone is 2. The van der Waals surface area contributed by atoms with Crippen molar-refractivity contribution in [1.82, 2.24) is 9.97 Å². The maximum absolute atomic E-state index is 6.23. The number of nitrogens with one attached hydrogen (secondary N) is 1. The van der Waals surface area contributed by atoms with Crippen molar-refractivity contribution in [3.05, 3.63) is 47.8 Å². The third-order valence-electron chi connectivity index (χ3n) is 3.61. The SMILES string of the molecule is C/C=C(\C=NC)Nc1ncc(N)c(N(N)c2ccc(CCC)cc2)n1. The monoisotopic (exact) mass is 339 g/mol. The molecule has 0 saturated carbocycles. The van der Waals surface area contributed by atoms with Gasteiger partial charge in [0.2, 0.25) is 5.95 Å². The molecule has 7 heteroatoms. The van der Waals surface area contributed by atoms with Crippen LogP contribution < -0.4 is 21.9 Å². The summed E-state index contributed by atoms with van der Waals surface area (Å²) in [4.78, 5) is 12.6. The normalized spacial score (nSPS) is 11.8. The summed E-state index contributed by atoms with van der Waals surface area (Å²) in [5.74, 6) is 7.06. The predicted molar refractivity (Wildman–Crippen MR) is 105 cm³/mol. The number of hydrazine groups is 1. The van der Waals surface area contributed by atoms with Crippen LogP contribution >= 0.6 is 0 Å². The lowest BCUT2D eigenvalue weighted by Gasteiger charge is -2.20. The molecule has 0 atom stereocenters. The smallest absolute Gasteiger partial charge is 0.229 e. The Bertz CT molecular complexity index is 751. The van der Waals surface area contributed by atoms with Crippen LogP contribution in [0.25, 0.3) is 0 Å². The Kier molecular flexibility index (Phi) is 6.47. The Balaban J connectivity index is 2.26. The molecule has 0 spiro atoms. The van der Waals surface area contributed by atoms with Crippen LogP contribution in [0.1, 0.15) is 25.8 Å². The number of nitrogen functional groups attached to an aromatic ring is 1. The third-order valence-corrected chi connectivity index (χ3v) is 3.61. The lowest BCUT2D eigenvalue weighted by molar-refractivity contribution is 0.920. The van der Waals surface area contributed by atoms with E-state index in [2.05, 4.69) is 39.3 Å². The molecule has 0 saturated heterocycles. The van der Waals surface area contributed by atoms with Crippen molar-refractivity contribution in [3.63, 3.8) is 0 Å². The van der Waals surface area contributed by atoms with E-state index in [1.165, 1.54) is 16.8 Å². The summed E-state index contributed by atoms with van der Waals surface area (Å²) >= 11 is 0. The third kappa shape index (κ3) is 4.77. The first-order valence-corrected chi connectivity index (χ1v) is 8.20. The van der Waals surface area contributed by atoms with Crippen molar-refractivity contribution < 1.29 is 0 Å². The number of rotatable bonds is 7. The van der Waals surface area contributed by atoms with Crippen LogP contribution in [0.5, 0.6) is 0 Å². The van der Waals surface area contributed by atoms with Crippen LogP contribution in [-0.4, -0.2) is 23.2 Å². The molecule has 0 radical (unpaired) electrons. The highest BCUT2D eigenvalue weighted by Crippen LogP contribution is 2.26. The van der Waals surface area contributed by atoms with E-state index in [9.17, 15) is 0 Å². The van der Waals surface area contributed by atoms with E-state index < -0.39 is 0 Å². The van der Waals surface area contributed by atoms with E-state index in [-0.39, 0.29) is 0 Å². The predicted octanol–water partition coefficient (Wildman–Crippen LogP) is 3.04. The van der Waals surface area contributed by atoms with E-state index in [1.807, 2.05) is 25.1 Å². The molecule has 7 nitrogen and oxygen atoms in total. The van der Waals surface area contributed by atoms with Gasteiger partial charge in [0, 0.05) is 13.3 Å². The Morgan fingerprint density at radius 3 is 2.64 bits per heavy atom. The van der Waals surface area contributed by atoms with Gasteiger partial charge in [-0.3, -0.25) is 10.0 Å². The van der Waals surface area contributed by atoms with Gasteiger partial charge in [-0.15, -0.1) is 0 Å². The maximum Gasteiger partial charge on any atom is 0.229 e. The fourth-order valence-corrected chi connectivity index (χ4v) is 2.32. The van der Waals surface area contributed by atoms with Gasteiger partial charge in [-0.25, -0.2) is 10.8 Å². The van der Waals surface area contributed by atoms with Crippen molar-refractivity contribution in [2.75, 3.05) is 23.1 Å². The second-order valence-electron chi connectivity index (χ2n) is 5.52. The van der Waals surface area contributed by atoms with Crippen molar-refractivity contribution >= 4 is 29.4 Å². The zero-order chi connectivity index (χ0) is 18.2. The van der Waals surface area contributed by atoms with E-state index >= 15 is 0 Å². The lowest BCUT2D eigenvalue weighted by Crippen LogP contribution is -2.27. The summed E-state index contributed by atoms with van der Waals surface area (Å²) in [5, 5.41) is 4.54. The molecule has 0 amide bonds. The van der Waals surface area contributed by atoms with Gasteiger partial charge < -0.3 is 11.1 Å². The van der Waals surface area contributed by atoms with Gasteiger partial charge in [0.25, 0.3) is 0 Å². The molecule has 0 bridgehead atoms. The van der Waals surface area contributed by atoms with Gasteiger partial charge >= 0.3 is 0 Å². The second-order valence-corrected chi connectivity index (χ2v) is 5.52. The molecular formula is C18H25N7. The number of aromatic nitrogens is 2. The first-order valence-electron chi connectivity index (χ1n) is 8.20. The quantitative estimate of drug-likeness (QED) is 0.407. The Labute approximate surface area is 148 Å². The van der Waals surface area contributed by atoms with Gasteiger partial charge in [0.1, 0.15) is 0 Å². The summed E-state index contributed by atoms with van der Waals surface area (Å²) in [6.07, 6.45) is 7.24. The van der Waals surface area contributed by atoms with Crippen LogP contribution in [0.2, 0.25) is 0 Å². The van der Waals surface area contributed by atoms with Crippen molar-refractivity contribution in [1.29, 1.82) is 0 Å². The highest BCUT2D eigenvalue weighted by molar-refractivity contribution is 5.82. The van der Waals surface area contributed by atoms with Crippen LogP contribution in [0.15, 0.2) is 47.2 Å². The number of aryl methyl sites for hydroxylation is 1.